The van der Waals surface area contributed by atoms with Gasteiger partial charge in [0.15, 0.2) is 0 Å². The maximum atomic E-state index is 13.3. The Morgan fingerprint density at radius 3 is 3.00 bits per heavy atom. The number of nitrogens with one attached hydrogen (secondary N) is 1. The highest BCUT2D eigenvalue weighted by Crippen LogP contribution is 2.15. The van der Waals surface area contributed by atoms with Crippen molar-refractivity contribution in [1.29, 1.82) is 0 Å². The normalized spacial score (nSPS) is 10.7. The number of halogens is 1. The SMILES string of the molecule is CNCc1cn(CCOc2ccc(C)c(F)c2)nn1. The molecule has 2 rings (SSSR count). The third-order valence-electron chi connectivity index (χ3n) is 2.68. The molecule has 1 aromatic carbocycles. The summed E-state index contributed by atoms with van der Waals surface area (Å²) in [5.74, 6) is 0.272. The van der Waals surface area contributed by atoms with Gasteiger partial charge in [0, 0.05) is 18.8 Å². The van der Waals surface area contributed by atoms with Crippen LogP contribution in [-0.4, -0.2) is 28.6 Å². The fourth-order valence-electron chi connectivity index (χ4n) is 1.63. The van der Waals surface area contributed by atoms with Crippen molar-refractivity contribution in [3.63, 3.8) is 0 Å². The highest BCUT2D eigenvalue weighted by molar-refractivity contribution is 5.27. The summed E-state index contributed by atoms with van der Waals surface area (Å²) in [5, 5.41) is 11.0. The van der Waals surface area contributed by atoms with E-state index in [1.807, 2.05) is 13.2 Å². The Balaban J connectivity index is 1.83. The number of benzene rings is 1. The smallest absolute Gasteiger partial charge is 0.129 e. The van der Waals surface area contributed by atoms with E-state index in [4.69, 9.17) is 4.74 Å². The minimum Gasteiger partial charge on any atom is -0.492 e. The molecule has 0 saturated heterocycles. The van der Waals surface area contributed by atoms with Crippen LogP contribution in [0.5, 0.6) is 5.75 Å². The molecule has 1 N–H and O–H groups in total. The number of rotatable bonds is 6. The molecule has 0 amide bonds. The summed E-state index contributed by atoms with van der Waals surface area (Å²) in [6.45, 7) is 3.40. The molecule has 0 aliphatic rings. The van der Waals surface area contributed by atoms with Crippen LogP contribution < -0.4 is 10.1 Å². The second kappa shape index (κ2) is 6.29. The van der Waals surface area contributed by atoms with Gasteiger partial charge in [-0.3, -0.25) is 0 Å². The number of aromatic nitrogens is 3. The van der Waals surface area contributed by atoms with Gasteiger partial charge in [0.25, 0.3) is 0 Å². The molecule has 0 unspecified atom stereocenters. The molecule has 1 aromatic heterocycles. The zero-order valence-electron chi connectivity index (χ0n) is 11.1. The Labute approximate surface area is 111 Å². The average Bonchev–Trinajstić information content (AvgIpc) is 2.82. The molecule has 0 aliphatic carbocycles. The fraction of sp³-hybridized carbons (Fsp3) is 0.385. The lowest BCUT2D eigenvalue weighted by Crippen LogP contribution is -2.09. The van der Waals surface area contributed by atoms with E-state index in [9.17, 15) is 4.39 Å². The van der Waals surface area contributed by atoms with Crippen LogP contribution in [0.15, 0.2) is 24.4 Å². The third kappa shape index (κ3) is 3.75. The molecule has 6 heteroatoms. The zero-order chi connectivity index (χ0) is 13.7. The second-order valence-corrected chi connectivity index (χ2v) is 4.26. The van der Waals surface area contributed by atoms with Gasteiger partial charge in [0.05, 0.1) is 12.2 Å². The quantitative estimate of drug-likeness (QED) is 0.859. The molecule has 0 radical (unpaired) electrons. The van der Waals surface area contributed by atoms with Crippen molar-refractivity contribution in [1.82, 2.24) is 20.3 Å². The first kappa shape index (κ1) is 13.5. The van der Waals surface area contributed by atoms with E-state index < -0.39 is 0 Å². The van der Waals surface area contributed by atoms with Crippen LogP contribution in [0.2, 0.25) is 0 Å². The van der Waals surface area contributed by atoms with Crippen LogP contribution in [0.1, 0.15) is 11.3 Å². The molecule has 0 fully saturated rings. The van der Waals surface area contributed by atoms with Gasteiger partial charge in [0.2, 0.25) is 0 Å². The highest BCUT2D eigenvalue weighted by atomic mass is 19.1. The first-order valence-corrected chi connectivity index (χ1v) is 6.11. The van der Waals surface area contributed by atoms with Gasteiger partial charge in [0.1, 0.15) is 18.2 Å². The lowest BCUT2D eigenvalue weighted by Gasteiger charge is -2.06. The molecule has 1 heterocycles. The van der Waals surface area contributed by atoms with Gasteiger partial charge in [-0.2, -0.15) is 0 Å². The van der Waals surface area contributed by atoms with E-state index in [0.717, 1.165) is 5.69 Å². The van der Waals surface area contributed by atoms with Crippen molar-refractivity contribution in [2.45, 2.75) is 20.0 Å². The van der Waals surface area contributed by atoms with Gasteiger partial charge in [-0.25, -0.2) is 9.07 Å². The molecule has 0 spiro atoms. The minimum atomic E-state index is -0.255. The number of hydrogen-bond acceptors (Lipinski definition) is 4. The maximum Gasteiger partial charge on any atom is 0.129 e. The van der Waals surface area contributed by atoms with E-state index in [-0.39, 0.29) is 5.82 Å². The van der Waals surface area contributed by atoms with Gasteiger partial charge >= 0.3 is 0 Å². The Hall–Kier alpha value is -1.95. The van der Waals surface area contributed by atoms with Crippen molar-refractivity contribution >= 4 is 0 Å². The van der Waals surface area contributed by atoms with Crippen molar-refractivity contribution in [3.05, 3.63) is 41.5 Å². The van der Waals surface area contributed by atoms with Crippen LogP contribution >= 0.6 is 0 Å². The predicted molar refractivity (Wildman–Crippen MR) is 69.4 cm³/mol. The van der Waals surface area contributed by atoms with Crippen LogP contribution in [0.3, 0.4) is 0 Å². The number of ether oxygens (including phenoxy) is 1. The van der Waals surface area contributed by atoms with Crippen molar-refractivity contribution < 1.29 is 9.13 Å². The average molecular weight is 264 g/mol. The Morgan fingerprint density at radius 2 is 2.26 bits per heavy atom. The van der Waals surface area contributed by atoms with Gasteiger partial charge in [-0.15, -0.1) is 5.10 Å². The maximum absolute atomic E-state index is 13.3. The van der Waals surface area contributed by atoms with Crippen LogP contribution in [0, 0.1) is 12.7 Å². The minimum absolute atomic E-state index is 0.255. The summed E-state index contributed by atoms with van der Waals surface area (Å²) in [4.78, 5) is 0. The van der Waals surface area contributed by atoms with Gasteiger partial charge in [-0.1, -0.05) is 11.3 Å². The summed E-state index contributed by atoms with van der Waals surface area (Å²) in [6.07, 6.45) is 1.86. The molecule has 0 aliphatic heterocycles. The van der Waals surface area contributed by atoms with Gasteiger partial charge < -0.3 is 10.1 Å². The first-order chi connectivity index (χ1) is 9.19. The van der Waals surface area contributed by atoms with Gasteiger partial charge in [-0.05, 0) is 25.6 Å². The Bertz CT molecular complexity index is 541. The zero-order valence-corrected chi connectivity index (χ0v) is 11.1. The molecule has 5 nitrogen and oxygen atoms in total. The number of nitrogens with zero attached hydrogens (tertiary/aromatic N) is 3. The van der Waals surface area contributed by atoms with E-state index in [0.29, 0.717) is 31.0 Å². The van der Waals surface area contributed by atoms with Crippen molar-refractivity contribution in [2.75, 3.05) is 13.7 Å². The van der Waals surface area contributed by atoms with Crippen LogP contribution in [0.4, 0.5) is 4.39 Å². The topological polar surface area (TPSA) is 52.0 Å². The van der Waals surface area contributed by atoms with Crippen molar-refractivity contribution in [2.24, 2.45) is 0 Å². The Morgan fingerprint density at radius 1 is 1.42 bits per heavy atom. The van der Waals surface area contributed by atoms with E-state index in [2.05, 4.69) is 15.6 Å². The Kier molecular flexibility index (Phi) is 4.46. The molecular weight excluding hydrogens is 247 g/mol. The van der Waals surface area contributed by atoms with E-state index in [1.165, 1.54) is 6.07 Å². The third-order valence-corrected chi connectivity index (χ3v) is 2.68. The largest absolute Gasteiger partial charge is 0.492 e. The predicted octanol–water partition coefficient (Wildman–Crippen LogP) is 1.52. The lowest BCUT2D eigenvalue weighted by atomic mass is 10.2. The summed E-state index contributed by atoms with van der Waals surface area (Å²) in [5.41, 5.74) is 1.49. The molecular formula is C13H17FN4O. The second-order valence-electron chi connectivity index (χ2n) is 4.26. The lowest BCUT2D eigenvalue weighted by molar-refractivity contribution is 0.288. The molecule has 2 aromatic rings. The van der Waals surface area contributed by atoms with Crippen LogP contribution in [-0.2, 0) is 13.1 Å². The molecule has 102 valence electrons. The van der Waals surface area contributed by atoms with E-state index in [1.54, 1.807) is 23.7 Å². The molecule has 19 heavy (non-hydrogen) atoms. The standard InChI is InChI=1S/C13H17FN4O/c1-10-3-4-12(7-13(10)14)19-6-5-18-9-11(8-15-2)16-17-18/h3-4,7,9,15H,5-6,8H2,1-2H3. The van der Waals surface area contributed by atoms with Crippen molar-refractivity contribution in [3.8, 4) is 5.75 Å². The summed E-state index contributed by atoms with van der Waals surface area (Å²) < 4.78 is 20.5. The highest BCUT2D eigenvalue weighted by Gasteiger charge is 2.02. The number of aryl methyl sites for hydroxylation is 1. The molecule has 0 saturated carbocycles. The first-order valence-electron chi connectivity index (χ1n) is 6.11. The summed E-state index contributed by atoms with van der Waals surface area (Å²) in [6, 6.07) is 4.85. The number of hydrogen-bond donors (Lipinski definition) is 1. The molecule has 0 atom stereocenters. The monoisotopic (exact) mass is 264 g/mol. The fourth-order valence-corrected chi connectivity index (χ4v) is 1.63. The summed E-state index contributed by atoms with van der Waals surface area (Å²) >= 11 is 0. The van der Waals surface area contributed by atoms with E-state index >= 15 is 0 Å². The molecule has 0 bridgehead atoms. The summed E-state index contributed by atoms with van der Waals surface area (Å²) in [7, 11) is 1.86. The van der Waals surface area contributed by atoms with Crippen LogP contribution in [0.25, 0.3) is 0 Å².